The molecule has 0 aliphatic heterocycles. The fraction of sp³-hybridized carbons (Fsp3) is 0.143. The van der Waals surface area contributed by atoms with Crippen molar-refractivity contribution in [2.75, 3.05) is 6.61 Å². The molecule has 0 radical (unpaired) electrons. The maximum atomic E-state index is 11.9. The molecule has 0 unspecified atom stereocenters. The van der Waals surface area contributed by atoms with E-state index in [2.05, 4.69) is 22.6 Å². The Hall–Kier alpha value is -1.65. The third kappa shape index (κ3) is 4.21. The predicted molar refractivity (Wildman–Crippen MR) is 37.5 cm³/mol. The van der Waals surface area contributed by atoms with Crippen molar-refractivity contribution in [3.63, 3.8) is 0 Å². The highest BCUT2D eigenvalue weighted by molar-refractivity contribution is 6.29. The summed E-state index contributed by atoms with van der Waals surface area (Å²) in [6.07, 6.45) is 0.772. The van der Waals surface area contributed by atoms with Crippen LogP contribution in [0.3, 0.4) is 0 Å². The third-order valence-corrected chi connectivity index (χ3v) is 0.717. The molecule has 0 aliphatic rings. The van der Waals surface area contributed by atoms with Gasteiger partial charge in [-0.05, 0) is 0 Å². The molecular formula is C7H7FO4. The van der Waals surface area contributed by atoms with Crippen molar-refractivity contribution in [3.05, 3.63) is 25.2 Å². The van der Waals surface area contributed by atoms with Crippen LogP contribution in [0.4, 0.5) is 4.39 Å². The highest BCUT2D eigenvalue weighted by atomic mass is 19.1. The number of rotatable bonds is 3. The van der Waals surface area contributed by atoms with Gasteiger partial charge in [-0.3, -0.25) is 0 Å². The molecule has 0 saturated carbocycles. The van der Waals surface area contributed by atoms with Crippen LogP contribution in [0.25, 0.3) is 0 Å². The van der Waals surface area contributed by atoms with Gasteiger partial charge in [0.25, 0.3) is 0 Å². The number of carbonyl (C=O) groups excluding carboxylic acids is 2. The number of ether oxygens (including phenoxy) is 2. The minimum atomic E-state index is -1.28. The maximum Gasteiger partial charge on any atom is 0.422 e. The van der Waals surface area contributed by atoms with Crippen LogP contribution in [-0.4, -0.2) is 18.5 Å². The largest absolute Gasteiger partial charge is 0.450 e. The van der Waals surface area contributed by atoms with E-state index in [1.165, 1.54) is 0 Å². The van der Waals surface area contributed by atoms with E-state index in [0.29, 0.717) is 0 Å². The van der Waals surface area contributed by atoms with Crippen molar-refractivity contribution in [3.8, 4) is 0 Å². The van der Waals surface area contributed by atoms with Crippen molar-refractivity contribution in [1.82, 2.24) is 0 Å². The summed E-state index contributed by atoms with van der Waals surface area (Å²) in [7, 11) is 0. The molecule has 4 nitrogen and oxygen atoms in total. The molecule has 0 aromatic carbocycles. The summed E-state index contributed by atoms with van der Waals surface area (Å²) in [5.74, 6) is -3.38. The molecule has 5 heteroatoms. The zero-order valence-corrected chi connectivity index (χ0v) is 6.21. The topological polar surface area (TPSA) is 52.6 Å². The molecule has 0 fully saturated rings. The van der Waals surface area contributed by atoms with Crippen LogP contribution in [0.2, 0.25) is 0 Å². The van der Waals surface area contributed by atoms with Gasteiger partial charge in [-0.25, -0.2) is 14.0 Å². The van der Waals surface area contributed by atoms with Crippen LogP contribution < -0.4 is 0 Å². The average molecular weight is 174 g/mol. The van der Waals surface area contributed by atoms with Gasteiger partial charge in [-0.15, -0.1) is 0 Å². The molecule has 0 bridgehead atoms. The van der Waals surface area contributed by atoms with Crippen LogP contribution in [0.15, 0.2) is 25.2 Å². The van der Waals surface area contributed by atoms with Crippen molar-refractivity contribution < 1.29 is 23.5 Å². The quantitative estimate of drug-likeness (QED) is 0.359. The van der Waals surface area contributed by atoms with Gasteiger partial charge in [0.2, 0.25) is 0 Å². The molecule has 0 saturated heterocycles. The summed E-state index contributed by atoms with van der Waals surface area (Å²) in [6.45, 7) is 5.20. The summed E-state index contributed by atoms with van der Waals surface area (Å²) in [4.78, 5) is 20.9. The highest BCUT2D eigenvalue weighted by Crippen LogP contribution is 1.93. The number of hydrogen-bond donors (Lipinski definition) is 0. The second kappa shape index (κ2) is 5.06. The van der Waals surface area contributed by atoms with Gasteiger partial charge in [-0.2, -0.15) is 0 Å². The highest BCUT2D eigenvalue weighted by Gasteiger charge is 2.16. The minimum absolute atomic E-state index is 0.648. The summed E-state index contributed by atoms with van der Waals surface area (Å²) in [6, 6.07) is 0. The van der Waals surface area contributed by atoms with Gasteiger partial charge in [0.15, 0.2) is 0 Å². The Morgan fingerprint density at radius 3 is 2.42 bits per heavy atom. The molecule has 0 heterocycles. The molecule has 12 heavy (non-hydrogen) atoms. The van der Waals surface area contributed by atoms with Crippen molar-refractivity contribution >= 4 is 11.9 Å². The van der Waals surface area contributed by atoms with E-state index in [-0.39, 0.29) is 0 Å². The Bertz CT molecular complexity index is 221. The Balaban J connectivity index is 3.79. The SMILES string of the molecule is C=COC(=O)C(=O)OCC(=C)F. The molecule has 0 atom stereocenters. The Morgan fingerprint density at radius 2 is 2.00 bits per heavy atom. The summed E-state index contributed by atoms with van der Waals surface area (Å²) in [5.41, 5.74) is 0. The fourth-order valence-corrected chi connectivity index (χ4v) is 0.327. The van der Waals surface area contributed by atoms with Crippen LogP contribution >= 0.6 is 0 Å². The zero-order valence-electron chi connectivity index (χ0n) is 6.21. The zero-order chi connectivity index (χ0) is 9.56. The molecule has 0 rings (SSSR count). The monoisotopic (exact) mass is 174 g/mol. The van der Waals surface area contributed by atoms with E-state index in [0.717, 1.165) is 6.26 Å². The molecule has 0 aliphatic carbocycles. The Kier molecular flexibility index (Phi) is 4.36. The smallest absolute Gasteiger partial charge is 0.422 e. The fourth-order valence-electron chi connectivity index (χ4n) is 0.327. The van der Waals surface area contributed by atoms with Crippen LogP contribution in [-0.2, 0) is 19.1 Å². The van der Waals surface area contributed by atoms with E-state index in [9.17, 15) is 14.0 Å². The van der Waals surface area contributed by atoms with E-state index >= 15 is 0 Å². The third-order valence-electron chi connectivity index (χ3n) is 0.717. The lowest BCUT2D eigenvalue weighted by atomic mass is 10.6. The lowest BCUT2D eigenvalue weighted by molar-refractivity contribution is -0.163. The molecule has 0 aromatic heterocycles. The molecule has 0 aromatic rings. The maximum absolute atomic E-state index is 11.9. The first-order valence-corrected chi connectivity index (χ1v) is 2.90. The Labute approximate surface area is 68.3 Å². The van der Waals surface area contributed by atoms with E-state index in [1.54, 1.807) is 0 Å². The van der Waals surface area contributed by atoms with E-state index in [1.807, 2.05) is 0 Å². The summed E-state index contributed by atoms with van der Waals surface area (Å²) >= 11 is 0. The van der Waals surface area contributed by atoms with Crippen molar-refractivity contribution in [2.45, 2.75) is 0 Å². The van der Waals surface area contributed by atoms with E-state index in [4.69, 9.17) is 0 Å². The first-order valence-electron chi connectivity index (χ1n) is 2.90. The lowest BCUT2D eigenvalue weighted by Gasteiger charge is -1.99. The van der Waals surface area contributed by atoms with Crippen molar-refractivity contribution in [1.29, 1.82) is 0 Å². The summed E-state index contributed by atoms with van der Waals surface area (Å²) < 4.78 is 20.0. The predicted octanol–water partition coefficient (Wildman–Crippen LogP) is 0.699. The van der Waals surface area contributed by atoms with Gasteiger partial charge in [0, 0.05) is 0 Å². The van der Waals surface area contributed by atoms with Crippen LogP contribution in [0.5, 0.6) is 0 Å². The first-order chi connectivity index (χ1) is 5.57. The second-order valence-electron chi connectivity index (χ2n) is 1.67. The minimum Gasteiger partial charge on any atom is -0.450 e. The molecule has 66 valence electrons. The molecular weight excluding hydrogens is 167 g/mol. The van der Waals surface area contributed by atoms with Crippen LogP contribution in [0.1, 0.15) is 0 Å². The molecule has 0 spiro atoms. The number of hydrogen-bond acceptors (Lipinski definition) is 4. The van der Waals surface area contributed by atoms with Crippen molar-refractivity contribution in [2.24, 2.45) is 0 Å². The number of carbonyl (C=O) groups is 2. The average Bonchev–Trinajstić information content (AvgIpc) is 2.00. The Morgan fingerprint density at radius 1 is 1.42 bits per heavy atom. The second-order valence-corrected chi connectivity index (χ2v) is 1.67. The first kappa shape index (κ1) is 10.3. The van der Waals surface area contributed by atoms with Gasteiger partial charge >= 0.3 is 11.9 Å². The number of halogens is 1. The molecule has 0 amide bonds. The summed E-state index contributed by atoms with van der Waals surface area (Å²) in [5, 5.41) is 0. The van der Waals surface area contributed by atoms with Gasteiger partial charge in [0.05, 0.1) is 6.26 Å². The van der Waals surface area contributed by atoms with Crippen LogP contribution in [0, 0.1) is 0 Å². The standard InChI is InChI=1S/C7H7FO4/c1-3-11-6(9)7(10)12-4-5(2)8/h3H,1-2,4H2. The normalized spacial score (nSPS) is 8.42. The number of esters is 2. The van der Waals surface area contributed by atoms with E-state index < -0.39 is 24.4 Å². The van der Waals surface area contributed by atoms with Gasteiger partial charge < -0.3 is 9.47 Å². The van der Waals surface area contributed by atoms with Gasteiger partial charge in [0.1, 0.15) is 12.4 Å². The van der Waals surface area contributed by atoms with Gasteiger partial charge in [-0.1, -0.05) is 13.2 Å². The molecule has 0 N–H and O–H groups in total. The lowest BCUT2D eigenvalue weighted by Crippen LogP contribution is -2.18.